The molecule has 42 heavy (non-hydrogen) atoms. The first-order valence-electron chi connectivity index (χ1n) is 13.4. The lowest BCUT2D eigenvalue weighted by Crippen LogP contribution is -1.91. The van der Waals surface area contributed by atoms with E-state index in [-0.39, 0.29) is 0 Å². The number of hydrogen-bond acceptors (Lipinski definition) is 8. The Morgan fingerprint density at radius 1 is 0.310 bits per heavy atom. The van der Waals surface area contributed by atoms with Gasteiger partial charge in [0.1, 0.15) is 20.0 Å². The fourth-order valence-electron chi connectivity index (χ4n) is 5.26. The first-order chi connectivity index (χ1) is 20.8. The third-order valence-corrected chi connectivity index (χ3v) is 11.5. The molecule has 0 unspecified atom stereocenters. The molecule has 0 saturated carbocycles. The average Bonchev–Trinajstić information content (AvgIpc) is 3.83. The van der Waals surface area contributed by atoms with Crippen LogP contribution in [0.4, 0.5) is 0 Å². The second kappa shape index (κ2) is 9.61. The zero-order chi connectivity index (χ0) is 27.6. The molecule has 0 radical (unpaired) electrons. The van der Waals surface area contributed by atoms with E-state index in [1.165, 1.54) is 18.8 Å². The van der Waals surface area contributed by atoms with Gasteiger partial charge in [0.2, 0.25) is 0 Å². The minimum absolute atomic E-state index is 0.976. The first-order valence-corrected chi connectivity index (χ1v) is 16.7. The van der Waals surface area contributed by atoms with Gasteiger partial charge in [-0.3, -0.25) is 0 Å². The van der Waals surface area contributed by atoms with Crippen LogP contribution in [0.3, 0.4) is 0 Å². The molecule has 0 aliphatic carbocycles. The predicted molar refractivity (Wildman–Crippen MR) is 181 cm³/mol. The second-order valence-electron chi connectivity index (χ2n) is 9.89. The molecular weight excluding hydrogens is 593 g/mol. The topological polar surface area (TPSA) is 51.6 Å². The highest BCUT2D eigenvalue weighted by atomic mass is 32.1. The summed E-state index contributed by atoms with van der Waals surface area (Å²) in [5.41, 5.74) is 8.27. The van der Waals surface area contributed by atoms with Crippen molar-refractivity contribution in [1.29, 1.82) is 0 Å². The van der Waals surface area contributed by atoms with E-state index in [2.05, 4.69) is 84.9 Å². The lowest BCUT2D eigenvalue weighted by atomic mass is 9.99. The molecule has 0 amide bonds. The monoisotopic (exact) mass is 610 g/mol. The molecule has 0 N–H and O–H groups in total. The van der Waals surface area contributed by atoms with E-state index in [9.17, 15) is 0 Å². The minimum Gasteiger partial charge on any atom is -0.236 e. The van der Waals surface area contributed by atoms with Gasteiger partial charge >= 0.3 is 0 Å². The van der Waals surface area contributed by atoms with Crippen molar-refractivity contribution >= 4 is 86.2 Å². The van der Waals surface area contributed by atoms with Gasteiger partial charge in [0.05, 0.1) is 40.9 Å². The minimum atomic E-state index is 0.976. The van der Waals surface area contributed by atoms with Crippen molar-refractivity contribution < 1.29 is 0 Å². The highest BCUT2D eigenvalue weighted by molar-refractivity contribution is 7.23. The standard InChI is InChI=1S/C34H18N4S4/c1-5-13-27-23(9-1)35-31(39-27)19-17-21(33-37-25-11-3-7-15-29(25)41-33)22(34-38-26-12-4-8-16-30(26)42-34)18-20(19)32-36-24-10-2-6-14-28(24)40-32/h1-18H. The highest BCUT2D eigenvalue weighted by Gasteiger charge is 2.23. The van der Waals surface area contributed by atoms with E-state index in [0.717, 1.165) is 64.4 Å². The molecule has 4 heterocycles. The van der Waals surface area contributed by atoms with Crippen LogP contribution >= 0.6 is 45.3 Å². The number of hydrogen-bond donors (Lipinski definition) is 0. The highest BCUT2D eigenvalue weighted by Crippen LogP contribution is 2.47. The normalized spacial score (nSPS) is 11.8. The SMILES string of the molecule is c1ccc2sc(-c3cc(-c4nc5ccccc5s4)c(-c4nc5ccccc5s4)cc3-c3nc4ccccc4s3)nc2c1. The molecule has 0 saturated heterocycles. The first kappa shape index (κ1) is 24.3. The Hall–Kier alpha value is -4.34. The number of fused-ring (bicyclic) bond motifs is 4. The van der Waals surface area contributed by atoms with Gasteiger partial charge in [-0.2, -0.15) is 0 Å². The van der Waals surface area contributed by atoms with Crippen molar-refractivity contribution in [1.82, 2.24) is 19.9 Å². The Morgan fingerprint density at radius 2 is 0.548 bits per heavy atom. The maximum atomic E-state index is 5.10. The number of nitrogens with zero attached hydrogens (tertiary/aromatic N) is 4. The van der Waals surface area contributed by atoms with Crippen molar-refractivity contribution in [2.45, 2.75) is 0 Å². The summed E-state index contributed by atoms with van der Waals surface area (Å²) in [6.07, 6.45) is 0. The molecule has 0 spiro atoms. The summed E-state index contributed by atoms with van der Waals surface area (Å²) in [4.78, 5) is 20.4. The number of rotatable bonds is 4. The Bertz CT molecular complexity index is 1980. The second-order valence-corrected chi connectivity index (χ2v) is 14.0. The van der Waals surface area contributed by atoms with Gasteiger partial charge in [-0.1, -0.05) is 48.5 Å². The van der Waals surface area contributed by atoms with Crippen LogP contribution < -0.4 is 0 Å². The van der Waals surface area contributed by atoms with Gasteiger partial charge in [0.15, 0.2) is 0 Å². The fourth-order valence-corrected chi connectivity index (χ4v) is 9.24. The zero-order valence-electron chi connectivity index (χ0n) is 21.8. The van der Waals surface area contributed by atoms with Crippen LogP contribution in [0, 0.1) is 0 Å². The Morgan fingerprint density at radius 3 is 0.786 bits per heavy atom. The summed E-state index contributed by atoms with van der Waals surface area (Å²) in [6.45, 7) is 0. The summed E-state index contributed by atoms with van der Waals surface area (Å²) in [6, 6.07) is 37.9. The van der Waals surface area contributed by atoms with Crippen LogP contribution in [0.25, 0.3) is 83.2 Å². The van der Waals surface area contributed by atoms with Crippen molar-refractivity contribution in [2.75, 3.05) is 0 Å². The van der Waals surface area contributed by atoms with Crippen molar-refractivity contribution in [3.05, 3.63) is 109 Å². The van der Waals surface area contributed by atoms with Crippen LogP contribution in [0.15, 0.2) is 109 Å². The molecule has 9 aromatic rings. The largest absolute Gasteiger partial charge is 0.236 e. The third kappa shape index (κ3) is 3.99. The molecule has 5 aromatic carbocycles. The van der Waals surface area contributed by atoms with Crippen LogP contribution in [-0.4, -0.2) is 19.9 Å². The quantitative estimate of drug-likeness (QED) is 0.199. The molecule has 9 rings (SSSR count). The summed E-state index contributed by atoms with van der Waals surface area (Å²) in [5, 5.41) is 3.90. The molecule has 0 aliphatic heterocycles. The molecule has 0 atom stereocenters. The predicted octanol–water partition coefficient (Wildman–Crippen LogP) is 10.8. The van der Waals surface area contributed by atoms with E-state index >= 15 is 0 Å². The maximum absolute atomic E-state index is 5.10. The molecular formula is C34H18N4S4. The van der Waals surface area contributed by atoms with Crippen molar-refractivity contribution in [3.8, 4) is 42.3 Å². The van der Waals surface area contributed by atoms with E-state index < -0.39 is 0 Å². The fraction of sp³-hybridized carbons (Fsp3) is 0. The number of aromatic nitrogens is 4. The van der Waals surface area contributed by atoms with Gasteiger partial charge in [0, 0.05) is 22.3 Å². The Labute approximate surface area is 256 Å². The van der Waals surface area contributed by atoms with E-state index in [4.69, 9.17) is 19.9 Å². The van der Waals surface area contributed by atoms with Crippen molar-refractivity contribution in [3.63, 3.8) is 0 Å². The van der Waals surface area contributed by atoms with Gasteiger partial charge in [0.25, 0.3) is 0 Å². The zero-order valence-corrected chi connectivity index (χ0v) is 25.1. The van der Waals surface area contributed by atoms with Crippen LogP contribution in [0.1, 0.15) is 0 Å². The summed E-state index contributed by atoms with van der Waals surface area (Å²) in [7, 11) is 0. The van der Waals surface area contributed by atoms with E-state index in [1.54, 1.807) is 45.3 Å². The molecule has 198 valence electrons. The van der Waals surface area contributed by atoms with Gasteiger partial charge in [-0.25, -0.2) is 19.9 Å². The van der Waals surface area contributed by atoms with Gasteiger partial charge < -0.3 is 0 Å². The summed E-state index contributed by atoms with van der Waals surface area (Å²) < 4.78 is 4.66. The van der Waals surface area contributed by atoms with E-state index in [1.807, 2.05) is 24.3 Å². The Balaban J connectivity index is 1.38. The molecule has 0 bridgehead atoms. The summed E-state index contributed by atoms with van der Waals surface area (Å²) >= 11 is 6.86. The average molecular weight is 611 g/mol. The van der Waals surface area contributed by atoms with Gasteiger partial charge in [-0.05, 0) is 60.7 Å². The summed E-state index contributed by atoms with van der Waals surface area (Å²) in [5.74, 6) is 0. The molecule has 0 aliphatic rings. The number of thiazole rings is 4. The molecule has 0 fully saturated rings. The number of para-hydroxylation sites is 4. The Kier molecular flexibility index (Phi) is 5.55. The number of benzene rings is 5. The van der Waals surface area contributed by atoms with Crippen molar-refractivity contribution in [2.24, 2.45) is 0 Å². The maximum Gasteiger partial charge on any atom is 0.125 e. The lowest BCUT2D eigenvalue weighted by Gasteiger charge is -2.12. The third-order valence-electron chi connectivity index (χ3n) is 7.25. The smallest absolute Gasteiger partial charge is 0.125 e. The molecule has 4 nitrogen and oxygen atoms in total. The molecule has 8 heteroatoms. The van der Waals surface area contributed by atoms with Gasteiger partial charge in [-0.15, -0.1) is 45.3 Å². The van der Waals surface area contributed by atoms with Crippen LogP contribution in [-0.2, 0) is 0 Å². The lowest BCUT2D eigenvalue weighted by molar-refractivity contribution is 1.42. The van der Waals surface area contributed by atoms with Crippen LogP contribution in [0.5, 0.6) is 0 Å². The molecule has 4 aromatic heterocycles. The van der Waals surface area contributed by atoms with Crippen LogP contribution in [0.2, 0.25) is 0 Å². The van der Waals surface area contributed by atoms with E-state index in [0.29, 0.717) is 0 Å².